The lowest BCUT2D eigenvalue weighted by molar-refractivity contribution is 0.473. The topological polar surface area (TPSA) is 37.8 Å². The number of rotatable bonds is 5. The Morgan fingerprint density at radius 3 is 3.10 bits per heavy atom. The fourth-order valence-electron chi connectivity index (χ4n) is 2.68. The van der Waals surface area contributed by atoms with Gasteiger partial charge in [0, 0.05) is 23.5 Å². The molecule has 1 aliphatic carbocycles. The summed E-state index contributed by atoms with van der Waals surface area (Å²) < 4.78 is 0. The molecule has 3 nitrogen and oxygen atoms in total. The van der Waals surface area contributed by atoms with E-state index in [1.54, 1.807) is 11.3 Å². The Morgan fingerprint density at radius 2 is 2.35 bits per heavy atom. The first-order valence-corrected chi connectivity index (χ1v) is 9.03. The van der Waals surface area contributed by atoms with Gasteiger partial charge in [0.15, 0.2) is 0 Å². The van der Waals surface area contributed by atoms with Gasteiger partial charge in [-0.05, 0) is 31.7 Å². The Balaban J connectivity index is 1.75. The molecular formula is C15H21N3S2. The molecule has 0 aromatic carbocycles. The van der Waals surface area contributed by atoms with Gasteiger partial charge in [0.05, 0.1) is 16.1 Å². The second kappa shape index (κ2) is 6.33. The van der Waals surface area contributed by atoms with E-state index in [4.69, 9.17) is 4.98 Å². The van der Waals surface area contributed by atoms with Gasteiger partial charge in [-0.1, -0.05) is 13.8 Å². The van der Waals surface area contributed by atoms with Gasteiger partial charge in [0.2, 0.25) is 0 Å². The Kier molecular flexibility index (Phi) is 4.48. The van der Waals surface area contributed by atoms with E-state index >= 15 is 0 Å². The van der Waals surface area contributed by atoms with E-state index in [1.165, 1.54) is 34.7 Å². The van der Waals surface area contributed by atoms with Gasteiger partial charge < -0.3 is 5.32 Å². The van der Waals surface area contributed by atoms with Crippen LogP contribution in [0.2, 0.25) is 0 Å². The molecule has 20 heavy (non-hydrogen) atoms. The molecule has 1 aliphatic rings. The van der Waals surface area contributed by atoms with Crippen LogP contribution in [0.15, 0.2) is 11.7 Å². The predicted octanol–water partition coefficient (Wildman–Crippen LogP) is 3.93. The molecule has 0 aliphatic heterocycles. The van der Waals surface area contributed by atoms with Crippen LogP contribution >= 0.6 is 22.7 Å². The van der Waals surface area contributed by atoms with Crippen molar-refractivity contribution in [2.24, 2.45) is 5.92 Å². The van der Waals surface area contributed by atoms with Crippen LogP contribution in [0.4, 0.5) is 0 Å². The highest BCUT2D eigenvalue weighted by Crippen LogP contribution is 2.38. The summed E-state index contributed by atoms with van der Waals surface area (Å²) in [5.74, 6) is 1.30. The number of nitrogens with one attached hydrogen (secondary N) is 1. The molecule has 0 fully saturated rings. The maximum atomic E-state index is 4.92. The minimum absolute atomic E-state index is 0.593. The van der Waals surface area contributed by atoms with Gasteiger partial charge in [-0.3, -0.25) is 4.98 Å². The Labute approximate surface area is 128 Å². The summed E-state index contributed by atoms with van der Waals surface area (Å²) in [6.45, 7) is 6.67. The second-order valence-electron chi connectivity index (χ2n) is 5.83. The van der Waals surface area contributed by atoms with Gasteiger partial charge in [0.25, 0.3) is 0 Å². The van der Waals surface area contributed by atoms with E-state index in [-0.39, 0.29) is 0 Å². The third-order valence-corrected chi connectivity index (χ3v) is 5.73. The van der Waals surface area contributed by atoms with Crippen molar-refractivity contribution in [2.75, 3.05) is 13.1 Å². The number of nitrogens with zero attached hydrogens (tertiary/aromatic N) is 2. The summed E-state index contributed by atoms with van der Waals surface area (Å²) in [5.41, 5.74) is 3.23. The lowest BCUT2D eigenvalue weighted by atomic mass is 9.91. The Hall–Kier alpha value is -0.780. The molecule has 0 spiro atoms. The first kappa shape index (κ1) is 14.2. The van der Waals surface area contributed by atoms with E-state index in [0.717, 1.165) is 18.1 Å². The lowest BCUT2D eigenvalue weighted by Gasteiger charge is -2.22. The van der Waals surface area contributed by atoms with E-state index in [9.17, 15) is 0 Å². The normalized spacial score (nSPS) is 18.4. The molecule has 0 radical (unpaired) electrons. The summed E-state index contributed by atoms with van der Waals surface area (Å²) in [6, 6.07) is 0. The third-order valence-electron chi connectivity index (χ3n) is 3.66. The van der Waals surface area contributed by atoms with Crippen molar-refractivity contribution in [3.63, 3.8) is 0 Å². The maximum Gasteiger partial charge on any atom is 0.135 e. The number of hydrogen-bond acceptors (Lipinski definition) is 5. The third kappa shape index (κ3) is 3.10. The SMILES string of the molecule is CC(C)CNCC1CCCc2sc(-c3cncs3)nc21. The quantitative estimate of drug-likeness (QED) is 0.909. The molecule has 5 heteroatoms. The van der Waals surface area contributed by atoms with Crippen molar-refractivity contribution in [2.45, 2.75) is 39.0 Å². The van der Waals surface area contributed by atoms with Crippen molar-refractivity contribution < 1.29 is 0 Å². The number of hydrogen-bond donors (Lipinski definition) is 1. The molecule has 0 saturated heterocycles. The molecule has 1 atom stereocenters. The van der Waals surface area contributed by atoms with Gasteiger partial charge in [-0.2, -0.15) is 0 Å². The standard InChI is InChI=1S/C15H21N3S2/c1-10(2)6-16-7-11-4-3-5-12-14(11)18-15(20-12)13-8-17-9-19-13/h8-11,16H,3-7H2,1-2H3. The van der Waals surface area contributed by atoms with Crippen LogP contribution in [0, 0.1) is 5.92 Å². The van der Waals surface area contributed by atoms with Crippen LogP contribution in [0.25, 0.3) is 9.88 Å². The van der Waals surface area contributed by atoms with Gasteiger partial charge in [-0.15, -0.1) is 22.7 Å². The molecule has 0 amide bonds. The van der Waals surface area contributed by atoms with Crippen molar-refractivity contribution in [3.05, 3.63) is 22.3 Å². The van der Waals surface area contributed by atoms with Crippen LogP contribution in [0.5, 0.6) is 0 Å². The zero-order valence-corrected chi connectivity index (χ0v) is 13.7. The number of aromatic nitrogens is 2. The molecule has 108 valence electrons. The van der Waals surface area contributed by atoms with Crippen LogP contribution in [-0.2, 0) is 6.42 Å². The van der Waals surface area contributed by atoms with Crippen molar-refractivity contribution in [1.82, 2.24) is 15.3 Å². The van der Waals surface area contributed by atoms with Crippen molar-refractivity contribution in [3.8, 4) is 9.88 Å². The minimum Gasteiger partial charge on any atom is -0.316 e. The predicted molar refractivity (Wildman–Crippen MR) is 86.6 cm³/mol. The zero-order chi connectivity index (χ0) is 13.9. The molecule has 1 unspecified atom stereocenters. The molecule has 0 bridgehead atoms. The van der Waals surface area contributed by atoms with Gasteiger partial charge in [-0.25, -0.2) is 4.98 Å². The van der Waals surface area contributed by atoms with Gasteiger partial charge >= 0.3 is 0 Å². The summed E-state index contributed by atoms with van der Waals surface area (Å²) in [6.07, 6.45) is 5.70. The van der Waals surface area contributed by atoms with Crippen LogP contribution in [-0.4, -0.2) is 23.1 Å². The monoisotopic (exact) mass is 307 g/mol. The zero-order valence-electron chi connectivity index (χ0n) is 12.1. The molecule has 2 aromatic rings. The minimum atomic E-state index is 0.593. The largest absolute Gasteiger partial charge is 0.316 e. The molecule has 2 aromatic heterocycles. The number of aryl methyl sites for hydroxylation is 1. The van der Waals surface area contributed by atoms with Gasteiger partial charge in [0.1, 0.15) is 5.01 Å². The summed E-state index contributed by atoms with van der Waals surface area (Å²) in [4.78, 5) is 11.8. The highest BCUT2D eigenvalue weighted by molar-refractivity contribution is 7.20. The fourth-order valence-corrected chi connectivity index (χ4v) is 4.55. The summed E-state index contributed by atoms with van der Waals surface area (Å²) in [5, 5.41) is 4.75. The summed E-state index contributed by atoms with van der Waals surface area (Å²) >= 11 is 3.55. The average Bonchev–Trinajstić information content (AvgIpc) is 3.07. The number of thiazole rings is 2. The maximum absolute atomic E-state index is 4.92. The first-order valence-electron chi connectivity index (χ1n) is 7.33. The highest BCUT2D eigenvalue weighted by atomic mass is 32.1. The van der Waals surface area contributed by atoms with E-state index in [0.29, 0.717) is 11.8 Å². The molecule has 0 saturated carbocycles. The van der Waals surface area contributed by atoms with Crippen molar-refractivity contribution >= 4 is 22.7 Å². The fraction of sp³-hybridized carbons (Fsp3) is 0.600. The lowest BCUT2D eigenvalue weighted by Crippen LogP contribution is -2.27. The molecule has 2 heterocycles. The van der Waals surface area contributed by atoms with Crippen molar-refractivity contribution in [1.29, 1.82) is 0 Å². The first-order chi connectivity index (χ1) is 9.74. The Morgan fingerprint density at radius 1 is 1.45 bits per heavy atom. The van der Waals surface area contributed by atoms with E-state index in [2.05, 4.69) is 24.1 Å². The highest BCUT2D eigenvalue weighted by Gasteiger charge is 2.25. The average molecular weight is 307 g/mol. The summed E-state index contributed by atoms with van der Waals surface area (Å²) in [7, 11) is 0. The van der Waals surface area contributed by atoms with E-state index < -0.39 is 0 Å². The van der Waals surface area contributed by atoms with Crippen LogP contribution in [0.3, 0.4) is 0 Å². The van der Waals surface area contributed by atoms with Crippen LogP contribution < -0.4 is 5.32 Å². The molecular weight excluding hydrogens is 286 g/mol. The molecule has 1 N–H and O–H groups in total. The molecule has 3 rings (SSSR count). The second-order valence-corrected chi connectivity index (χ2v) is 7.80. The Bertz CT molecular complexity index is 545. The smallest absolute Gasteiger partial charge is 0.135 e. The van der Waals surface area contributed by atoms with Crippen LogP contribution in [0.1, 0.15) is 43.2 Å². The number of fused-ring (bicyclic) bond motifs is 1. The van der Waals surface area contributed by atoms with E-state index in [1.807, 2.05) is 23.0 Å².